The summed E-state index contributed by atoms with van der Waals surface area (Å²) in [6, 6.07) is 5.55. The third kappa shape index (κ3) is 3.77. The molecule has 0 spiro atoms. The van der Waals surface area contributed by atoms with Gasteiger partial charge in [0, 0.05) is 16.9 Å². The summed E-state index contributed by atoms with van der Waals surface area (Å²) in [6.45, 7) is 2.41. The van der Waals surface area contributed by atoms with Crippen molar-refractivity contribution in [3.05, 3.63) is 51.9 Å². The lowest BCUT2D eigenvalue weighted by atomic mass is 10.1. The number of nitrogen functional groups attached to an aromatic ring is 1. The highest BCUT2D eigenvalue weighted by Gasteiger charge is 2.13. The SMILES string of the molecule is CCc1cccnc1CNC(=O)c1cc(Br)cnc1NN. The van der Waals surface area contributed by atoms with E-state index in [2.05, 4.69) is 43.6 Å². The molecule has 0 aliphatic heterocycles. The van der Waals surface area contributed by atoms with Crippen molar-refractivity contribution in [1.29, 1.82) is 0 Å². The van der Waals surface area contributed by atoms with Crippen molar-refractivity contribution in [3.8, 4) is 0 Å². The Morgan fingerprint density at radius 3 is 2.95 bits per heavy atom. The maximum atomic E-state index is 12.3. The number of rotatable bonds is 5. The van der Waals surface area contributed by atoms with Gasteiger partial charge in [0.2, 0.25) is 0 Å². The van der Waals surface area contributed by atoms with E-state index >= 15 is 0 Å². The third-order valence-corrected chi connectivity index (χ3v) is 3.45. The van der Waals surface area contributed by atoms with Crippen LogP contribution in [-0.2, 0) is 13.0 Å². The molecule has 110 valence electrons. The van der Waals surface area contributed by atoms with Gasteiger partial charge < -0.3 is 10.7 Å². The van der Waals surface area contributed by atoms with Gasteiger partial charge in [0.05, 0.1) is 17.8 Å². The van der Waals surface area contributed by atoms with Crippen LogP contribution >= 0.6 is 15.9 Å². The van der Waals surface area contributed by atoms with Gasteiger partial charge in [-0.15, -0.1) is 0 Å². The highest BCUT2D eigenvalue weighted by molar-refractivity contribution is 9.10. The monoisotopic (exact) mass is 349 g/mol. The quantitative estimate of drug-likeness (QED) is 0.567. The number of halogens is 1. The normalized spacial score (nSPS) is 10.2. The largest absolute Gasteiger partial charge is 0.346 e. The topological polar surface area (TPSA) is 92.9 Å². The summed E-state index contributed by atoms with van der Waals surface area (Å²) in [5.41, 5.74) is 4.76. The lowest BCUT2D eigenvalue weighted by Gasteiger charge is -2.10. The second kappa shape index (κ2) is 7.14. The zero-order valence-corrected chi connectivity index (χ0v) is 13.1. The molecule has 7 heteroatoms. The molecule has 0 aromatic carbocycles. The first kappa shape index (κ1) is 15.4. The number of hydrazine groups is 1. The molecule has 6 nitrogen and oxygen atoms in total. The van der Waals surface area contributed by atoms with Gasteiger partial charge in [0.15, 0.2) is 5.82 Å². The van der Waals surface area contributed by atoms with Crippen molar-refractivity contribution < 1.29 is 4.79 Å². The molecule has 0 unspecified atom stereocenters. The number of aromatic nitrogens is 2. The molecule has 0 atom stereocenters. The number of carbonyl (C=O) groups is 1. The van der Waals surface area contributed by atoms with Crippen molar-refractivity contribution >= 4 is 27.7 Å². The molecular weight excluding hydrogens is 334 g/mol. The van der Waals surface area contributed by atoms with Crippen LogP contribution in [-0.4, -0.2) is 15.9 Å². The zero-order chi connectivity index (χ0) is 15.2. The Morgan fingerprint density at radius 1 is 1.43 bits per heavy atom. The fourth-order valence-corrected chi connectivity index (χ4v) is 2.27. The molecule has 0 bridgehead atoms. The molecule has 1 amide bonds. The fourth-order valence-electron chi connectivity index (χ4n) is 1.94. The first-order valence-electron chi connectivity index (χ1n) is 6.48. The molecule has 2 aromatic heterocycles. The Labute approximate surface area is 131 Å². The molecule has 0 saturated carbocycles. The van der Waals surface area contributed by atoms with E-state index in [4.69, 9.17) is 5.84 Å². The highest BCUT2D eigenvalue weighted by Crippen LogP contribution is 2.17. The van der Waals surface area contributed by atoms with Crippen LogP contribution in [0.15, 0.2) is 35.1 Å². The zero-order valence-electron chi connectivity index (χ0n) is 11.6. The van der Waals surface area contributed by atoms with Crippen molar-refractivity contribution in [1.82, 2.24) is 15.3 Å². The second-order valence-electron chi connectivity index (χ2n) is 4.34. The number of nitrogens with one attached hydrogen (secondary N) is 2. The number of aryl methyl sites for hydroxylation is 1. The lowest BCUT2D eigenvalue weighted by Crippen LogP contribution is -2.26. The van der Waals surface area contributed by atoms with Gasteiger partial charge in [-0.2, -0.15) is 0 Å². The standard InChI is InChI=1S/C14H16BrN5O/c1-2-9-4-3-5-17-12(9)8-19-14(21)11-6-10(15)7-18-13(11)20-16/h3-7H,2,8,16H2,1H3,(H,18,20)(H,19,21). The van der Waals surface area contributed by atoms with Crippen LogP contribution in [0.1, 0.15) is 28.5 Å². The number of nitrogens with zero attached hydrogens (tertiary/aromatic N) is 2. The predicted octanol–water partition coefficient (Wildman–Crippen LogP) is 2.02. The minimum Gasteiger partial charge on any atom is -0.346 e. The first-order chi connectivity index (χ1) is 10.2. The van der Waals surface area contributed by atoms with Crippen molar-refractivity contribution in [2.45, 2.75) is 19.9 Å². The number of carbonyl (C=O) groups excluding carboxylic acids is 1. The minimum atomic E-state index is -0.260. The van der Waals surface area contributed by atoms with Gasteiger partial charge in [-0.3, -0.25) is 9.78 Å². The number of hydrogen-bond donors (Lipinski definition) is 3. The van der Waals surface area contributed by atoms with Crippen LogP contribution in [0.2, 0.25) is 0 Å². The predicted molar refractivity (Wildman–Crippen MR) is 84.5 cm³/mol. The molecule has 0 fully saturated rings. The van der Waals surface area contributed by atoms with E-state index in [0.29, 0.717) is 22.4 Å². The molecule has 0 aliphatic rings. The Hall–Kier alpha value is -1.99. The van der Waals surface area contributed by atoms with Crippen LogP contribution < -0.4 is 16.6 Å². The average Bonchev–Trinajstić information content (AvgIpc) is 2.52. The van der Waals surface area contributed by atoms with Crippen LogP contribution in [0, 0.1) is 0 Å². The molecule has 2 aromatic rings. The molecule has 0 radical (unpaired) electrons. The lowest BCUT2D eigenvalue weighted by molar-refractivity contribution is 0.0950. The summed E-state index contributed by atoms with van der Waals surface area (Å²) >= 11 is 3.29. The fraction of sp³-hybridized carbons (Fsp3) is 0.214. The summed E-state index contributed by atoms with van der Waals surface area (Å²) in [4.78, 5) is 20.6. The first-order valence-corrected chi connectivity index (χ1v) is 7.28. The molecule has 4 N–H and O–H groups in total. The van der Waals surface area contributed by atoms with Crippen molar-refractivity contribution in [3.63, 3.8) is 0 Å². The van der Waals surface area contributed by atoms with Gasteiger partial charge in [0.25, 0.3) is 5.91 Å². The van der Waals surface area contributed by atoms with E-state index < -0.39 is 0 Å². The van der Waals surface area contributed by atoms with E-state index in [0.717, 1.165) is 17.7 Å². The van der Waals surface area contributed by atoms with Crippen LogP contribution in [0.25, 0.3) is 0 Å². The van der Waals surface area contributed by atoms with Gasteiger partial charge in [-0.1, -0.05) is 13.0 Å². The van der Waals surface area contributed by atoms with Gasteiger partial charge in [-0.25, -0.2) is 10.8 Å². The van der Waals surface area contributed by atoms with E-state index in [1.54, 1.807) is 18.5 Å². The summed E-state index contributed by atoms with van der Waals surface area (Å²) in [6.07, 6.45) is 4.15. The molecule has 2 rings (SSSR count). The second-order valence-corrected chi connectivity index (χ2v) is 5.26. The smallest absolute Gasteiger partial charge is 0.255 e. The third-order valence-electron chi connectivity index (χ3n) is 3.02. The van der Waals surface area contributed by atoms with Gasteiger partial charge >= 0.3 is 0 Å². The summed E-state index contributed by atoms with van der Waals surface area (Å²) < 4.78 is 0.707. The van der Waals surface area contributed by atoms with Crippen LogP contribution in [0.5, 0.6) is 0 Å². The summed E-state index contributed by atoms with van der Waals surface area (Å²) in [5.74, 6) is 5.44. The Kier molecular flexibility index (Phi) is 5.24. The van der Waals surface area contributed by atoms with Gasteiger partial charge in [0.1, 0.15) is 0 Å². The summed E-state index contributed by atoms with van der Waals surface area (Å²) in [5, 5.41) is 2.83. The minimum absolute atomic E-state index is 0.260. The van der Waals surface area contributed by atoms with Crippen molar-refractivity contribution in [2.24, 2.45) is 5.84 Å². The molecule has 21 heavy (non-hydrogen) atoms. The highest BCUT2D eigenvalue weighted by atomic mass is 79.9. The molecule has 0 aliphatic carbocycles. The van der Waals surface area contributed by atoms with E-state index in [1.165, 1.54) is 0 Å². The van der Waals surface area contributed by atoms with E-state index in [1.807, 2.05) is 12.1 Å². The van der Waals surface area contributed by atoms with Crippen molar-refractivity contribution in [2.75, 3.05) is 5.43 Å². The maximum Gasteiger partial charge on any atom is 0.255 e. The molecule has 0 saturated heterocycles. The van der Waals surface area contributed by atoms with Crippen LogP contribution in [0.3, 0.4) is 0 Å². The van der Waals surface area contributed by atoms with Crippen LogP contribution in [0.4, 0.5) is 5.82 Å². The van der Waals surface area contributed by atoms with E-state index in [-0.39, 0.29) is 5.91 Å². The average molecular weight is 350 g/mol. The number of nitrogens with two attached hydrogens (primary N) is 1. The summed E-state index contributed by atoms with van der Waals surface area (Å²) in [7, 11) is 0. The Balaban J connectivity index is 2.13. The number of hydrogen-bond acceptors (Lipinski definition) is 5. The Bertz CT molecular complexity index is 647. The molecule has 2 heterocycles. The van der Waals surface area contributed by atoms with Gasteiger partial charge in [-0.05, 0) is 40.0 Å². The molecular formula is C14H16BrN5O. The number of pyridine rings is 2. The Morgan fingerprint density at radius 2 is 2.24 bits per heavy atom. The maximum absolute atomic E-state index is 12.3. The van der Waals surface area contributed by atoms with E-state index in [9.17, 15) is 4.79 Å². The number of anilines is 1. The number of amides is 1.